The smallest absolute Gasteiger partial charge is 0.276 e. The zero-order valence-electron chi connectivity index (χ0n) is 13.3. The van der Waals surface area contributed by atoms with E-state index >= 15 is 0 Å². The number of amides is 1. The largest absolute Gasteiger partial charge is 0.351 e. The monoisotopic (exact) mass is 343 g/mol. The van der Waals surface area contributed by atoms with Gasteiger partial charge in [0.05, 0.1) is 12.4 Å². The van der Waals surface area contributed by atoms with Crippen LogP contribution in [0.3, 0.4) is 0 Å². The Morgan fingerprint density at radius 1 is 1.43 bits per heavy atom. The molecule has 0 bridgehead atoms. The van der Waals surface area contributed by atoms with E-state index < -0.39 is 20.9 Å². The number of rotatable bonds is 10. The maximum absolute atomic E-state index is 11.6. The third-order valence-electron chi connectivity index (χ3n) is 3.41. The van der Waals surface area contributed by atoms with Gasteiger partial charge in [-0.25, -0.2) is 4.98 Å². The maximum Gasteiger partial charge on any atom is 0.276 e. The SMILES string of the molecule is C=CC(NC=O)C(C=C)(CCCCC)S(=O)(=O)O.c1c[nH]cn1. The van der Waals surface area contributed by atoms with Crippen LogP contribution >= 0.6 is 0 Å². The number of hydrogen-bond acceptors (Lipinski definition) is 4. The van der Waals surface area contributed by atoms with Crippen molar-refractivity contribution in [2.45, 2.75) is 43.4 Å². The zero-order chi connectivity index (χ0) is 17.8. The van der Waals surface area contributed by atoms with Crippen molar-refractivity contribution in [3.8, 4) is 0 Å². The molecule has 0 saturated heterocycles. The number of nitrogens with one attached hydrogen (secondary N) is 2. The Balaban J connectivity index is 0.000000809. The fraction of sp³-hybridized carbons (Fsp3) is 0.467. The summed E-state index contributed by atoms with van der Waals surface area (Å²) in [6.45, 7) is 8.96. The summed E-state index contributed by atoms with van der Waals surface area (Å²) in [6, 6.07) is -0.903. The third kappa shape index (κ3) is 6.37. The number of carbonyl (C=O) groups excluding carboxylic acids is 1. The van der Waals surface area contributed by atoms with E-state index in [0.717, 1.165) is 12.8 Å². The van der Waals surface area contributed by atoms with E-state index in [-0.39, 0.29) is 6.42 Å². The number of nitrogens with zero attached hydrogens (tertiary/aromatic N) is 1. The van der Waals surface area contributed by atoms with Gasteiger partial charge in [-0.15, -0.1) is 13.2 Å². The van der Waals surface area contributed by atoms with Gasteiger partial charge in [0.25, 0.3) is 10.1 Å². The fourth-order valence-electron chi connectivity index (χ4n) is 2.13. The van der Waals surface area contributed by atoms with Crippen LogP contribution in [0.25, 0.3) is 0 Å². The van der Waals surface area contributed by atoms with Crippen LogP contribution in [0.2, 0.25) is 0 Å². The van der Waals surface area contributed by atoms with Gasteiger partial charge in [0, 0.05) is 12.4 Å². The molecule has 130 valence electrons. The first-order chi connectivity index (χ1) is 10.9. The number of hydrogen-bond donors (Lipinski definition) is 3. The van der Waals surface area contributed by atoms with Crippen LogP contribution in [-0.2, 0) is 14.9 Å². The van der Waals surface area contributed by atoms with Gasteiger partial charge in [-0.1, -0.05) is 38.3 Å². The van der Waals surface area contributed by atoms with E-state index in [9.17, 15) is 17.8 Å². The van der Waals surface area contributed by atoms with E-state index in [1.807, 2.05) is 6.92 Å². The van der Waals surface area contributed by atoms with Crippen LogP contribution < -0.4 is 5.32 Å². The third-order valence-corrected chi connectivity index (χ3v) is 5.00. The lowest BCUT2D eigenvalue weighted by Gasteiger charge is -2.33. The molecule has 8 heteroatoms. The summed E-state index contributed by atoms with van der Waals surface area (Å²) < 4.78 is 31.1. The molecule has 0 radical (unpaired) electrons. The van der Waals surface area contributed by atoms with Crippen LogP contribution in [0.15, 0.2) is 44.0 Å². The molecule has 1 aromatic rings. The Hall–Kier alpha value is -1.93. The van der Waals surface area contributed by atoms with Gasteiger partial charge in [0.1, 0.15) is 4.75 Å². The van der Waals surface area contributed by atoms with E-state index in [2.05, 4.69) is 28.4 Å². The van der Waals surface area contributed by atoms with Crippen molar-refractivity contribution in [2.24, 2.45) is 0 Å². The summed E-state index contributed by atoms with van der Waals surface area (Å²) >= 11 is 0. The van der Waals surface area contributed by atoms with Crippen molar-refractivity contribution in [2.75, 3.05) is 0 Å². The van der Waals surface area contributed by atoms with E-state index in [4.69, 9.17) is 0 Å². The fourth-order valence-corrected chi connectivity index (χ4v) is 3.23. The van der Waals surface area contributed by atoms with Crippen molar-refractivity contribution < 1.29 is 17.8 Å². The highest BCUT2D eigenvalue weighted by molar-refractivity contribution is 7.87. The van der Waals surface area contributed by atoms with Gasteiger partial charge in [0.15, 0.2) is 0 Å². The molecule has 1 aromatic heterocycles. The molecule has 1 heterocycles. The van der Waals surface area contributed by atoms with E-state index in [0.29, 0.717) is 12.8 Å². The number of aromatic amines is 1. The molecule has 3 N–H and O–H groups in total. The summed E-state index contributed by atoms with van der Waals surface area (Å²) in [5.74, 6) is 0. The molecule has 0 aliphatic rings. The molecule has 0 fully saturated rings. The molecule has 0 aromatic carbocycles. The first-order valence-electron chi connectivity index (χ1n) is 7.25. The Kier molecular flexibility index (Phi) is 9.84. The molecule has 0 saturated carbocycles. The number of aromatic nitrogens is 2. The minimum absolute atomic E-state index is 0.181. The van der Waals surface area contributed by atoms with Crippen molar-refractivity contribution in [3.05, 3.63) is 44.0 Å². The van der Waals surface area contributed by atoms with Crippen LogP contribution in [0.4, 0.5) is 0 Å². The average molecular weight is 343 g/mol. The summed E-state index contributed by atoms with van der Waals surface area (Å²) in [5.41, 5.74) is 0. The van der Waals surface area contributed by atoms with Crippen LogP contribution in [-0.4, -0.2) is 40.1 Å². The minimum Gasteiger partial charge on any atom is -0.351 e. The number of H-pyrrole nitrogens is 1. The number of unbranched alkanes of at least 4 members (excludes halogenated alkanes) is 2. The van der Waals surface area contributed by atoms with Crippen molar-refractivity contribution in [3.63, 3.8) is 0 Å². The van der Waals surface area contributed by atoms with Crippen LogP contribution in [0.5, 0.6) is 0 Å². The molecule has 23 heavy (non-hydrogen) atoms. The lowest BCUT2D eigenvalue weighted by Crippen LogP contribution is -2.53. The number of carbonyl (C=O) groups is 1. The lowest BCUT2D eigenvalue weighted by molar-refractivity contribution is -0.110. The molecule has 1 rings (SSSR count). The molecule has 1 amide bonds. The zero-order valence-corrected chi connectivity index (χ0v) is 14.1. The molecule has 0 aliphatic heterocycles. The minimum atomic E-state index is -4.40. The second kappa shape index (κ2) is 10.7. The van der Waals surface area contributed by atoms with Gasteiger partial charge in [-0.2, -0.15) is 8.42 Å². The normalized spacial score (nSPS) is 14.5. The summed E-state index contributed by atoms with van der Waals surface area (Å²) in [5, 5.41) is 2.35. The van der Waals surface area contributed by atoms with Gasteiger partial charge in [0.2, 0.25) is 6.41 Å². The molecule has 0 aliphatic carbocycles. The van der Waals surface area contributed by atoms with Gasteiger partial charge in [-0.3, -0.25) is 9.35 Å². The average Bonchev–Trinajstić information content (AvgIpc) is 3.08. The van der Waals surface area contributed by atoms with Gasteiger partial charge >= 0.3 is 0 Å². The topological polar surface area (TPSA) is 112 Å². The quantitative estimate of drug-likeness (QED) is 0.261. The second-order valence-electron chi connectivity index (χ2n) is 4.85. The Morgan fingerprint density at radius 2 is 2.13 bits per heavy atom. The summed E-state index contributed by atoms with van der Waals surface area (Å²) in [6.07, 6.45) is 10.5. The first-order valence-corrected chi connectivity index (χ1v) is 8.69. The van der Waals surface area contributed by atoms with Crippen molar-refractivity contribution >= 4 is 16.5 Å². The van der Waals surface area contributed by atoms with Gasteiger partial charge in [-0.05, 0) is 6.42 Å². The molecular formula is C15H25N3O4S. The number of imidazole rings is 1. The highest BCUT2D eigenvalue weighted by Crippen LogP contribution is 2.30. The molecule has 0 spiro atoms. The lowest BCUT2D eigenvalue weighted by atomic mass is 9.92. The molecule has 2 unspecified atom stereocenters. The van der Waals surface area contributed by atoms with Crippen LogP contribution in [0.1, 0.15) is 32.6 Å². The molecule has 7 nitrogen and oxygen atoms in total. The van der Waals surface area contributed by atoms with E-state index in [1.54, 1.807) is 18.7 Å². The Labute approximate surface area is 137 Å². The predicted octanol–water partition coefficient (Wildman–Crippen LogP) is 2.09. The standard InChI is InChI=1S/C12H21NO4S.C3H4N2/c1-4-7-8-9-12(6-3,18(15,16)17)11(5-2)13-10-14;1-2-5-3-4-1/h5-6,10-11H,2-4,7-9H2,1H3,(H,13,14)(H,15,16,17);1-3H,(H,4,5). The maximum atomic E-state index is 11.6. The van der Waals surface area contributed by atoms with Crippen molar-refractivity contribution in [1.29, 1.82) is 0 Å². The highest BCUT2D eigenvalue weighted by Gasteiger charge is 2.45. The van der Waals surface area contributed by atoms with E-state index in [1.165, 1.54) is 12.2 Å². The van der Waals surface area contributed by atoms with Crippen molar-refractivity contribution in [1.82, 2.24) is 15.3 Å². The van der Waals surface area contributed by atoms with Crippen LogP contribution in [0, 0.1) is 0 Å². The second-order valence-corrected chi connectivity index (χ2v) is 6.56. The molecule has 2 atom stereocenters. The summed E-state index contributed by atoms with van der Waals surface area (Å²) in [7, 11) is -4.40. The summed E-state index contributed by atoms with van der Waals surface area (Å²) in [4.78, 5) is 16.9. The Morgan fingerprint density at radius 3 is 2.43 bits per heavy atom. The predicted molar refractivity (Wildman–Crippen MR) is 90.4 cm³/mol. The Bertz CT molecular complexity index is 540. The first kappa shape index (κ1) is 21.1. The van der Waals surface area contributed by atoms with Gasteiger partial charge < -0.3 is 10.3 Å². The highest BCUT2D eigenvalue weighted by atomic mass is 32.2. The molecular weight excluding hydrogens is 318 g/mol.